The molecule has 0 spiro atoms. The zero-order valence-corrected chi connectivity index (χ0v) is 16.4. The number of fused-ring (bicyclic) bond motifs is 1. The lowest BCUT2D eigenvalue weighted by Crippen LogP contribution is -2.38. The van der Waals surface area contributed by atoms with E-state index in [-0.39, 0.29) is 5.75 Å². The van der Waals surface area contributed by atoms with Crippen LogP contribution >= 0.6 is 15.9 Å². The van der Waals surface area contributed by atoms with Gasteiger partial charge >= 0.3 is 0 Å². The van der Waals surface area contributed by atoms with Gasteiger partial charge in [0.05, 0.1) is 23.1 Å². The molecule has 0 N–H and O–H groups in total. The second-order valence-corrected chi connectivity index (χ2v) is 7.16. The van der Waals surface area contributed by atoms with Crippen LogP contribution in [-0.2, 0) is 11.8 Å². The Balaban J connectivity index is 1.54. The van der Waals surface area contributed by atoms with E-state index in [4.69, 9.17) is 9.47 Å². The Morgan fingerprint density at radius 1 is 1.30 bits per heavy atom. The minimum Gasteiger partial charge on any atom is -0.488 e. The monoisotopic (exact) mass is 435 g/mol. The first-order chi connectivity index (χ1) is 13.1. The number of morpholine rings is 1. The van der Waals surface area contributed by atoms with E-state index in [1.54, 1.807) is 17.9 Å². The Morgan fingerprint density at radius 3 is 2.89 bits per heavy atom. The van der Waals surface area contributed by atoms with Crippen molar-refractivity contribution in [3.8, 4) is 17.0 Å². The number of aromatic nitrogens is 4. The molecule has 1 fully saturated rings. The molecule has 1 aliphatic heterocycles. The molecule has 27 heavy (non-hydrogen) atoms. The summed E-state index contributed by atoms with van der Waals surface area (Å²) in [5.74, 6) is -0.222. The van der Waals surface area contributed by atoms with Gasteiger partial charge in [-0.05, 0) is 28.1 Å². The van der Waals surface area contributed by atoms with Gasteiger partial charge in [0.2, 0.25) is 0 Å². The van der Waals surface area contributed by atoms with Gasteiger partial charge in [-0.2, -0.15) is 5.10 Å². The van der Waals surface area contributed by atoms with E-state index in [1.165, 1.54) is 12.4 Å². The highest BCUT2D eigenvalue weighted by atomic mass is 79.9. The van der Waals surface area contributed by atoms with E-state index >= 15 is 0 Å². The van der Waals surface area contributed by atoms with Crippen molar-refractivity contribution >= 4 is 27.0 Å². The van der Waals surface area contributed by atoms with Gasteiger partial charge in [-0.1, -0.05) is 0 Å². The smallest absolute Gasteiger partial charge is 0.169 e. The van der Waals surface area contributed by atoms with Crippen LogP contribution in [0.3, 0.4) is 0 Å². The van der Waals surface area contributed by atoms with Crippen molar-refractivity contribution in [1.82, 2.24) is 24.6 Å². The topological polar surface area (TPSA) is 65.3 Å². The zero-order valence-electron chi connectivity index (χ0n) is 14.9. The van der Waals surface area contributed by atoms with Crippen LogP contribution in [0.1, 0.15) is 0 Å². The van der Waals surface area contributed by atoms with Crippen LogP contribution in [0.5, 0.6) is 5.75 Å². The number of benzene rings is 1. The molecule has 4 rings (SSSR count). The number of rotatable bonds is 5. The largest absolute Gasteiger partial charge is 0.488 e. The highest BCUT2D eigenvalue weighted by molar-refractivity contribution is 9.10. The van der Waals surface area contributed by atoms with E-state index in [2.05, 4.69) is 35.9 Å². The fourth-order valence-electron chi connectivity index (χ4n) is 3.15. The van der Waals surface area contributed by atoms with Crippen LogP contribution < -0.4 is 4.74 Å². The molecule has 2 aromatic heterocycles. The van der Waals surface area contributed by atoms with Crippen LogP contribution in [0.25, 0.3) is 22.3 Å². The predicted molar refractivity (Wildman–Crippen MR) is 102 cm³/mol. The fourth-order valence-corrected chi connectivity index (χ4v) is 3.70. The van der Waals surface area contributed by atoms with Gasteiger partial charge in [0.1, 0.15) is 18.6 Å². The van der Waals surface area contributed by atoms with E-state index < -0.39 is 5.82 Å². The van der Waals surface area contributed by atoms with Crippen LogP contribution in [-0.4, -0.2) is 64.1 Å². The summed E-state index contributed by atoms with van der Waals surface area (Å²) < 4.78 is 27.9. The average molecular weight is 436 g/mol. The summed E-state index contributed by atoms with van der Waals surface area (Å²) in [5.41, 5.74) is 1.97. The fraction of sp³-hybridized carbons (Fsp3) is 0.389. The molecule has 1 aromatic carbocycles. The molecule has 142 valence electrons. The molecule has 1 aliphatic rings. The van der Waals surface area contributed by atoms with Crippen LogP contribution in [0.2, 0.25) is 0 Å². The van der Waals surface area contributed by atoms with E-state index in [0.717, 1.165) is 38.2 Å². The second kappa shape index (κ2) is 7.87. The Labute approximate surface area is 164 Å². The van der Waals surface area contributed by atoms with Crippen molar-refractivity contribution in [2.24, 2.45) is 7.05 Å². The van der Waals surface area contributed by atoms with Gasteiger partial charge in [-0.15, -0.1) is 0 Å². The number of ether oxygens (including phenoxy) is 2. The summed E-state index contributed by atoms with van der Waals surface area (Å²) in [5, 5.41) is 5.23. The highest BCUT2D eigenvalue weighted by Gasteiger charge is 2.17. The summed E-state index contributed by atoms with van der Waals surface area (Å²) in [4.78, 5) is 10.5. The van der Waals surface area contributed by atoms with E-state index in [9.17, 15) is 4.39 Å². The van der Waals surface area contributed by atoms with Gasteiger partial charge in [-0.25, -0.2) is 19.0 Å². The van der Waals surface area contributed by atoms with Crippen LogP contribution in [0.15, 0.2) is 29.1 Å². The third kappa shape index (κ3) is 3.80. The highest BCUT2D eigenvalue weighted by Crippen LogP contribution is 2.35. The maximum atomic E-state index is 14.7. The van der Waals surface area contributed by atoms with Gasteiger partial charge in [0.25, 0.3) is 0 Å². The van der Waals surface area contributed by atoms with Gasteiger partial charge in [0, 0.05) is 38.4 Å². The molecular weight excluding hydrogens is 417 g/mol. The summed E-state index contributed by atoms with van der Waals surface area (Å²) in [7, 11) is 1.80. The maximum absolute atomic E-state index is 14.7. The summed E-state index contributed by atoms with van der Waals surface area (Å²) >= 11 is 3.43. The van der Waals surface area contributed by atoms with Crippen molar-refractivity contribution in [3.05, 3.63) is 34.9 Å². The first-order valence-electron chi connectivity index (χ1n) is 8.68. The molecule has 3 aromatic rings. The summed E-state index contributed by atoms with van der Waals surface area (Å²) in [6.45, 7) is 4.36. The standard InChI is InChI=1S/C18H19BrFN5O2/c1-24-18-13(10-21-11-22-18)16(23-24)12-8-14(19)17(15(20)9-12)27-7-4-25-2-5-26-6-3-25/h8-11H,2-7H2,1H3. The molecule has 0 unspecified atom stereocenters. The quantitative estimate of drug-likeness (QED) is 0.613. The molecule has 0 aliphatic carbocycles. The lowest BCUT2D eigenvalue weighted by molar-refractivity contribution is 0.0320. The van der Waals surface area contributed by atoms with Crippen molar-refractivity contribution in [1.29, 1.82) is 0 Å². The minimum atomic E-state index is -0.433. The zero-order chi connectivity index (χ0) is 18.8. The number of halogens is 2. The third-order valence-electron chi connectivity index (χ3n) is 4.53. The number of hydrogen-bond donors (Lipinski definition) is 0. The number of hydrogen-bond acceptors (Lipinski definition) is 6. The molecule has 9 heteroatoms. The molecule has 0 bridgehead atoms. The maximum Gasteiger partial charge on any atom is 0.169 e. The average Bonchev–Trinajstić information content (AvgIpc) is 3.02. The Hall–Kier alpha value is -2.10. The van der Waals surface area contributed by atoms with Crippen molar-refractivity contribution < 1.29 is 13.9 Å². The molecule has 3 heterocycles. The predicted octanol–water partition coefficient (Wildman–Crippen LogP) is 2.64. The molecule has 7 nitrogen and oxygen atoms in total. The lowest BCUT2D eigenvalue weighted by Gasteiger charge is -2.26. The van der Waals surface area contributed by atoms with Crippen molar-refractivity contribution in [2.75, 3.05) is 39.5 Å². The van der Waals surface area contributed by atoms with Gasteiger partial charge < -0.3 is 9.47 Å². The van der Waals surface area contributed by atoms with E-state index in [1.807, 2.05) is 6.07 Å². The Bertz CT molecular complexity index is 935. The van der Waals surface area contributed by atoms with Gasteiger partial charge in [-0.3, -0.25) is 4.90 Å². The van der Waals surface area contributed by atoms with Crippen LogP contribution in [0.4, 0.5) is 4.39 Å². The molecule has 1 saturated heterocycles. The second-order valence-electron chi connectivity index (χ2n) is 6.30. The Morgan fingerprint density at radius 2 is 2.11 bits per heavy atom. The number of nitrogens with zero attached hydrogens (tertiary/aromatic N) is 5. The molecule has 0 amide bonds. The first-order valence-corrected chi connectivity index (χ1v) is 9.48. The summed E-state index contributed by atoms with van der Waals surface area (Å²) in [6.07, 6.45) is 3.15. The third-order valence-corrected chi connectivity index (χ3v) is 5.12. The summed E-state index contributed by atoms with van der Waals surface area (Å²) in [6, 6.07) is 3.24. The molecular formula is C18H19BrFN5O2. The SMILES string of the molecule is Cn1nc(-c2cc(F)c(OCCN3CCOCC3)c(Br)c2)c2cncnc21. The van der Waals surface area contributed by atoms with Gasteiger partial charge in [0.15, 0.2) is 17.2 Å². The Kier molecular flexibility index (Phi) is 5.33. The number of aryl methyl sites for hydroxylation is 1. The van der Waals surface area contributed by atoms with Crippen LogP contribution in [0, 0.1) is 5.82 Å². The minimum absolute atomic E-state index is 0.212. The van der Waals surface area contributed by atoms with Crippen molar-refractivity contribution in [2.45, 2.75) is 0 Å². The normalized spacial score (nSPS) is 15.4. The lowest BCUT2D eigenvalue weighted by atomic mass is 10.1. The molecule has 0 saturated carbocycles. The molecule has 0 radical (unpaired) electrons. The first kappa shape index (κ1) is 18.3. The molecule has 0 atom stereocenters. The van der Waals surface area contributed by atoms with E-state index in [0.29, 0.717) is 28.0 Å². The van der Waals surface area contributed by atoms with Crippen molar-refractivity contribution in [3.63, 3.8) is 0 Å².